The maximum atomic E-state index is 12.5. The smallest absolute Gasteiger partial charge is 0.223 e. The summed E-state index contributed by atoms with van der Waals surface area (Å²) in [6.45, 7) is 7.14. The molecule has 5 nitrogen and oxygen atoms in total. The van der Waals surface area contributed by atoms with Crippen LogP contribution >= 0.6 is 0 Å². The van der Waals surface area contributed by atoms with Gasteiger partial charge >= 0.3 is 0 Å². The van der Waals surface area contributed by atoms with E-state index in [1.165, 1.54) is 0 Å². The number of amides is 1. The van der Waals surface area contributed by atoms with Gasteiger partial charge in [0.05, 0.1) is 11.4 Å². The highest BCUT2D eigenvalue weighted by Gasteiger charge is 2.25. The Labute approximate surface area is 149 Å². The van der Waals surface area contributed by atoms with Gasteiger partial charge in [-0.05, 0) is 58.4 Å². The summed E-state index contributed by atoms with van der Waals surface area (Å²) < 4.78 is 1.98. The molecule has 1 amide bonds. The Bertz CT molecular complexity index is 710. The molecular weight excluding hydrogens is 312 g/mol. The minimum Gasteiger partial charge on any atom is -0.353 e. The van der Waals surface area contributed by atoms with Gasteiger partial charge in [-0.1, -0.05) is 18.2 Å². The number of aryl methyl sites for hydroxylation is 1. The molecule has 1 aromatic heterocycles. The lowest BCUT2D eigenvalue weighted by atomic mass is 9.92. The van der Waals surface area contributed by atoms with Gasteiger partial charge < -0.3 is 10.6 Å². The predicted octanol–water partition coefficient (Wildman–Crippen LogP) is 2.62. The fourth-order valence-corrected chi connectivity index (χ4v) is 3.59. The number of aromatic nitrogens is 2. The van der Waals surface area contributed by atoms with Gasteiger partial charge in [0.1, 0.15) is 0 Å². The van der Waals surface area contributed by atoms with Crippen LogP contribution < -0.4 is 10.6 Å². The SMILES string of the molecule is Cc1cc(CC(C)NC(=O)[C@H]2CCN[C@@H](C)C2)n(-c2ccccc2)n1. The number of nitrogens with one attached hydrogen (secondary N) is 2. The second kappa shape index (κ2) is 7.83. The summed E-state index contributed by atoms with van der Waals surface area (Å²) in [7, 11) is 0. The molecule has 1 aromatic carbocycles. The molecule has 3 atom stereocenters. The third-order valence-corrected chi connectivity index (χ3v) is 4.80. The van der Waals surface area contributed by atoms with Crippen molar-refractivity contribution in [2.24, 2.45) is 5.92 Å². The molecule has 0 saturated carbocycles. The summed E-state index contributed by atoms with van der Waals surface area (Å²) >= 11 is 0. The monoisotopic (exact) mass is 340 g/mol. The molecule has 1 aliphatic heterocycles. The van der Waals surface area contributed by atoms with Gasteiger partial charge in [-0.15, -0.1) is 0 Å². The van der Waals surface area contributed by atoms with Crippen molar-refractivity contribution < 1.29 is 4.79 Å². The second-order valence-electron chi connectivity index (χ2n) is 7.21. The van der Waals surface area contributed by atoms with Crippen molar-refractivity contribution in [3.8, 4) is 5.69 Å². The largest absolute Gasteiger partial charge is 0.353 e. The Kier molecular flexibility index (Phi) is 5.53. The topological polar surface area (TPSA) is 59.0 Å². The maximum Gasteiger partial charge on any atom is 0.223 e. The molecule has 3 rings (SSSR count). The minimum atomic E-state index is 0.0799. The van der Waals surface area contributed by atoms with E-state index in [0.717, 1.165) is 42.9 Å². The number of nitrogens with zero attached hydrogens (tertiary/aromatic N) is 2. The summed E-state index contributed by atoms with van der Waals surface area (Å²) in [6.07, 6.45) is 2.60. The molecule has 134 valence electrons. The first kappa shape index (κ1) is 17.7. The number of benzene rings is 1. The normalized spacial score (nSPS) is 21.7. The van der Waals surface area contributed by atoms with Gasteiger partial charge in [0, 0.05) is 30.1 Å². The average Bonchev–Trinajstić information content (AvgIpc) is 2.95. The standard InChI is InChI=1S/C20H28N4O/c1-14-11-17(9-10-21-14)20(25)22-15(2)12-19-13-16(3)23-24(19)18-7-5-4-6-8-18/h4-8,13-15,17,21H,9-12H2,1-3H3,(H,22,25)/t14-,15?,17-/m0/s1. The first-order valence-electron chi connectivity index (χ1n) is 9.17. The van der Waals surface area contributed by atoms with Gasteiger partial charge in [0.15, 0.2) is 0 Å². The average molecular weight is 340 g/mol. The molecule has 0 bridgehead atoms. The van der Waals surface area contributed by atoms with Crippen LogP contribution in [0.25, 0.3) is 5.69 Å². The quantitative estimate of drug-likeness (QED) is 0.880. The molecule has 0 radical (unpaired) electrons. The first-order valence-corrected chi connectivity index (χ1v) is 9.17. The third-order valence-electron chi connectivity index (χ3n) is 4.80. The number of hydrogen-bond acceptors (Lipinski definition) is 3. The van der Waals surface area contributed by atoms with Crippen LogP contribution in [0.4, 0.5) is 0 Å². The summed E-state index contributed by atoms with van der Waals surface area (Å²) in [5, 5.41) is 11.2. The zero-order chi connectivity index (χ0) is 17.8. The summed E-state index contributed by atoms with van der Waals surface area (Å²) in [5.74, 6) is 0.308. The van der Waals surface area contributed by atoms with Crippen LogP contribution in [0.2, 0.25) is 0 Å². The lowest BCUT2D eigenvalue weighted by molar-refractivity contribution is -0.126. The molecule has 2 N–H and O–H groups in total. The fourth-order valence-electron chi connectivity index (χ4n) is 3.59. The van der Waals surface area contributed by atoms with E-state index in [9.17, 15) is 4.79 Å². The van der Waals surface area contributed by atoms with E-state index in [-0.39, 0.29) is 17.9 Å². The van der Waals surface area contributed by atoms with E-state index in [1.807, 2.05) is 29.8 Å². The van der Waals surface area contributed by atoms with E-state index in [1.54, 1.807) is 0 Å². The van der Waals surface area contributed by atoms with Crippen molar-refractivity contribution in [1.29, 1.82) is 0 Å². The Morgan fingerprint density at radius 2 is 2.16 bits per heavy atom. The molecule has 1 aliphatic rings. The van der Waals surface area contributed by atoms with E-state index < -0.39 is 0 Å². The molecule has 0 spiro atoms. The molecule has 2 heterocycles. The Morgan fingerprint density at radius 3 is 2.88 bits per heavy atom. The van der Waals surface area contributed by atoms with Crippen molar-refractivity contribution in [2.75, 3.05) is 6.54 Å². The van der Waals surface area contributed by atoms with E-state index >= 15 is 0 Å². The zero-order valence-corrected chi connectivity index (χ0v) is 15.3. The molecular formula is C20H28N4O. The molecule has 5 heteroatoms. The highest BCUT2D eigenvalue weighted by atomic mass is 16.1. The van der Waals surface area contributed by atoms with Crippen LogP contribution in [0.15, 0.2) is 36.4 Å². The van der Waals surface area contributed by atoms with Crippen LogP contribution in [0.5, 0.6) is 0 Å². The van der Waals surface area contributed by atoms with Crippen molar-refractivity contribution in [1.82, 2.24) is 20.4 Å². The lowest BCUT2D eigenvalue weighted by Crippen LogP contribution is -2.45. The molecule has 2 aromatic rings. The summed E-state index contributed by atoms with van der Waals surface area (Å²) in [5.41, 5.74) is 3.16. The Balaban J connectivity index is 1.65. The van der Waals surface area contributed by atoms with Crippen LogP contribution in [0.3, 0.4) is 0 Å². The number of rotatable bonds is 5. The van der Waals surface area contributed by atoms with Crippen LogP contribution in [-0.2, 0) is 11.2 Å². The van der Waals surface area contributed by atoms with E-state index in [2.05, 4.69) is 47.8 Å². The number of piperidine rings is 1. The zero-order valence-electron chi connectivity index (χ0n) is 15.3. The molecule has 1 saturated heterocycles. The lowest BCUT2D eigenvalue weighted by Gasteiger charge is -2.28. The van der Waals surface area contributed by atoms with Gasteiger partial charge in [-0.2, -0.15) is 5.10 Å². The van der Waals surface area contributed by atoms with Gasteiger partial charge in [-0.3, -0.25) is 4.79 Å². The van der Waals surface area contributed by atoms with Crippen LogP contribution in [0.1, 0.15) is 38.1 Å². The predicted molar refractivity (Wildman–Crippen MR) is 99.8 cm³/mol. The summed E-state index contributed by atoms with van der Waals surface area (Å²) in [4.78, 5) is 12.5. The second-order valence-corrected chi connectivity index (χ2v) is 7.21. The Hall–Kier alpha value is -2.14. The van der Waals surface area contributed by atoms with Gasteiger partial charge in [-0.25, -0.2) is 4.68 Å². The highest BCUT2D eigenvalue weighted by molar-refractivity contribution is 5.79. The van der Waals surface area contributed by atoms with Crippen LogP contribution in [0, 0.1) is 12.8 Å². The minimum absolute atomic E-state index is 0.0799. The van der Waals surface area contributed by atoms with E-state index in [0.29, 0.717) is 6.04 Å². The van der Waals surface area contributed by atoms with Crippen molar-refractivity contribution in [2.45, 2.75) is 52.1 Å². The Morgan fingerprint density at radius 1 is 1.40 bits per heavy atom. The molecule has 25 heavy (non-hydrogen) atoms. The fraction of sp³-hybridized carbons (Fsp3) is 0.500. The maximum absolute atomic E-state index is 12.5. The van der Waals surface area contributed by atoms with E-state index in [4.69, 9.17) is 0 Å². The number of carbonyl (C=O) groups excluding carboxylic acids is 1. The van der Waals surface area contributed by atoms with Crippen molar-refractivity contribution in [3.63, 3.8) is 0 Å². The van der Waals surface area contributed by atoms with Crippen LogP contribution in [-0.4, -0.2) is 34.3 Å². The summed E-state index contributed by atoms with van der Waals surface area (Å²) in [6, 6.07) is 12.7. The van der Waals surface area contributed by atoms with Crippen molar-refractivity contribution in [3.05, 3.63) is 47.8 Å². The number of para-hydroxylation sites is 1. The number of hydrogen-bond donors (Lipinski definition) is 2. The highest BCUT2D eigenvalue weighted by Crippen LogP contribution is 2.17. The molecule has 0 aliphatic carbocycles. The third kappa shape index (κ3) is 4.48. The van der Waals surface area contributed by atoms with Gasteiger partial charge in [0.25, 0.3) is 0 Å². The van der Waals surface area contributed by atoms with Gasteiger partial charge in [0.2, 0.25) is 5.91 Å². The molecule has 1 unspecified atom stereocenters. The first-order chi connectivity index (χ1) is 12.0. The van der Waals surface area contributed by atoms with Crippen molar-refractivity contribution >= 4 is 5.91 Å². The molecule has 1 fully saturated rings. The number of carbonyl (C=O) groups is 1.